The van der Waals surface area contributed by atoms with Crippen LogP contribution in [0.4, 0.5) is 0 Å². The summed E-state index contributed by atoms with van der Waals surface area (Å²) in [7, 11) is 0. The minimum absolute atomic E-state index is 0.696. The minimum Gasteiger partial charge on any atom is -0.492 e. The topological polar surface area (TPSA) is 38.5 Å². The molecule has 0 spiro atoms. The summed E-state index contributed by atoms with van der Waals surface area (Å²) in [6, 6.07) is 9.00. The molecule has 3 nitrogen and oxygen atoms in total. The minimum atomic E-state index is 0.696. The number of likely N-dealkylation sites (tertiary alicyclic amines) is 1. The molecule has 2 unspecified atom stereocenters. The zero-order chi connectivity index (χ0) is 14.4. The van der Waals surface area contributed by atoms with Crippen molar-refractivity contribution in [2.45, 2.75) is 39.2 Å². The van der Waals surface area contributed by atoms with Crippen LogP contribution < -0.4 is 10.5 Å². The fourth-order valence-corrected chi connectivity index (χ4v) is 2.89. The Balaban J connectivity index is 1.74. The highest BCUT2D eigenvalue weighted by atomic mass is 16.5. The van der Waals surface area contributed by atoms with Gasteiger partial charge in [-0.25, -0.2) is 0 Å². The van der Waals surface area contributed by atoms with E-state index in [1.165, 1.54) is 24.9 Å². The van der Waals surface area contributed by atoms with Crippen LogP contribution in [0.15, 0.2) is 24.3 Å². The van der Waals surface area contributed by atoms with Gasteiger partial charge in [0.25, 0.3) is 0 Å². The Morgan fingerprint density at radius 1 is 1.20 bits per heavy atom. The number of hydrogen-bond donors (Lipinski definition) is 1. The molecule has 1 heterocycles. The van der Waals surface area contributed by atoms with Gasteiger partial charge in [0.1, 0.15) is 12.4 Å². The Morgan fingerprint density at radius 2 is 1.95 bits per heavy atom. The lowest BCUT2D eigenvalue weighted by Crippen LogP contribution is -2.43. The van der Waals surface area contributed by atoms with Crippen molar-refractivity contribution >= 4 is 0 Å². The lowest BCUT2D eigenvalue weighted by molar-refractivity contribution is 0.105. The maximum Gasteiger partial charge on any atom is 0.119 e. The summed E-state index contributed by atoms with van der Waals surface area (Å²) in [6.45, 7) is 8.37. The molecular weight excluding hydrogens is 248 g/mol. The fourth-order valence-electron chi connectivity index (χ4n) is 2.89. The standard InChI is InChI=1S/C17H28N2O/c1-14-3-4-15(2)19(13-14)11-12-20-17-7-5-16(6-8-17)9-10-18/h5-8,14-15H,3-4,9-13,18H2,1-2H3. The van der Waals surface area contributed by atoms with E-state index in [4.69, 9.17) is 10.5 Å². The Kier molecular flexibility index (Phi) is 5.86. The van der Waals surface area contributed by atoms with Gasteiger partial charge < -0.3 is 10.5 Å². The van der Waals surface area contributed by atoms with Gasteiger partial charge in [-0.3, -0.25) is 4.90 Å². The molecule has 2 N–H and O–H groups in total. The van der Waals surface area contributed by atoms with Gasteiger partial charge in [-0.15, -0.1) is 0 Å². The van der Waals surface area contributed by atoms with Crippen LogP contribution in [0.3, 0.4) is 0 Å². The Bertz CT molecular complexity index is 390. The van der Waals surface area contributed by atoms with E-state index in [0.29, 0.717) is 12.6 Å². The van der Waals surface area contributed by atoms with Crippen LogP contribution in [-0.4, -0.2) is 37.2 Å². The Labute approximate surface area is 123 Å². The molecule has 1 saturated heterocycles. The van der Waals surface area contributed by atoms with Crippen molar-refractivity contribution in [1.82, 2.24) is 4.90 Å². The smallest absolute Gasteiger partial charge is 0.119 e. The maximum absolute atomic E-state index is 5.85. The van der Waals surface area contributed by atoms with Gasteiger partial charge in [0.2, 0.25) is 0 Å². The second-order valence-corrected chi connectivity index (χ2v) is 6.06. The van der Waals surface area contributed by atoms with Crippen molar-refractivity contribution in [2.75, 3.05) is 26.2 Å². The molecule has 112 valence electrons. The van der Waals surface area contributed by atoms with E-state index in [1.807, 2.05) is 12.1 Å². The number of hydrogen-bond acceptors (Lipinski definition) is 3. The van der Waals surface area contributed by atoms with Gasteiger partial charge in [-0.05, 0) is 56.3 Å². The summed E-state index contributed by atoms with van der Waals surface area (Å²) in [5, 5.41) is 0. The summed E-state index contributed by atoms with van der Waals surface area (Å²) in [6.07, 6.45) is 3.61. The first-order valence-electron chi connectivity index (χ1n) is 7.85. The number of nitrogens with zero attached hydrogens (tertiary/aromatic N) is 1. The molecule has 0 amide bonds. The van der Waals surface area contributed by atoms with Crippen molar-refractivity contribution in [3.8, 4) is 5.75 Å². The molecule has 1 aliphatic heterocycles. The molecule has 1 aromatic rings. The molecule has 0 bridgehead atoms. The lowest BCUT2D eigenvalue weighted by atomic mass is 9.95. The largest absolute Gasteiger partial charge is 0.492 e. The number of nitrogens with two attached hydrogens (primary N) is 1. The first-order chi connectivity index (χ1) is 9.69. The van der Waals surface area contributed by atoms with Crippen LogP contribution in [-0.2, 0) is 6.42 Å². The van der Waals surface area contributed by atoms with Gasteiger partial charge in [0, 0.05) is 19.1 Å². The summed E-state index contributed by atoms with van der Waals surface area (Å²) in [4.78, 5) is 2.55. The van der Waals surface area contributed by atoms with E-state index >= 15 is 0 Å². The first-order valence-corrected chi connectivity index (χ1v) is 7.85. The van der Waals surface area contributed by atoms with E-state index < -0.39 is 0 Å². The highest BCUT2D eigenvalue weighted by Gasteiger charge is 2.22. The average Bonchev–Trinajstić information content (AvgIpc) is 2.45. The molecular formula is C17H28N2O. The molecule has 0 radical (unpaired) electrons. The Morgan fingerprint density at radius 3 is 2.65 bits per heavy atom. The van der Waals surface area contributed by atoms with Crippen LogP contribution >= 0.6 is 0 Å². The van der Waals surface area contributed by atoms with E-state index in [2.05, 4.69) is 30.9 Å². The quantitative estimate of drug-likeness (QED) is 0.868. The van der Waals surface area contributed by atoms with Crippen LogP contribution in [0.2, 0.25) is 0 Å². The van der Waals surface area contributed by atoms with Crippen molar-refractivity contribution in [1.29, 1.82) is 0 Å². The van der Waals surface area contributed by atoms with Crippen LogP contribution in [0.1, 0.15) is 32.3 Å². The lowest BCUT2D eigenvalue weighted by Gasteiger charge is -2.36. The van der Waals surface area contributed by atoms with Gasteiger partial charge >= 0.3 is 0 Å². The Hall–Kier alpha value is -1.06. The second-order valence-electron chi connectivity index (χ2n) is 6.06. The molecule has 0 aliphatic carbocycles. The van der Waals surface area contributed by atoms with Crippen LogP contribution in [0.25, 0.3) is 0 Å². The molecule has 1 aliphatic rings. The second kappa shape index (κ2) is 7.65. The van der Waals surface area contributed by atoms with Crippen molar-refractivity contribution in [3.05, 3.63) is 29.8 Å². The monoisotopic (exact) mass is 276 g/mol. The van der Waals surface area contributed by atoms with E-state index in [-0.39, 0.29) is 0 Å². The highest BCUT2D eigenvalue weighted by molar-refractivity contribution is 5.27. The van der Waals surface area contributed by atoms with Crippen molar-refractivity contribution < 1.29 is 4.74 Å². The zero-order valence-electron chi connectivity index (χ0n) is 12.8. The molecule has 2 atom stereocenters. The summed E-state index contributed by atoms with van der Waals surface area (Å²) in [5.41, 5.74) is 6.83. The van der Waals surface area contributed by atoms with E-state index in [0.717, 1.165) is 31.2 Å². The molecule has 3 heteroatoms. The SMILES string of the molecule is CC1CCC(C)N(CCOc2ccc(CCN)cc2)C1. The number of rotatable bonds is 6. The van der Waals surface area contributed by atoms with Crippen molar-refractivity contribution in [2.24, 2.45) is 11.7 Å². The number of ether oxygens (including phenoxy) is 1. The first kappa shape index (κ1) is 15.3. The van der Waals surface area contributed by atoms with Gasteiger partial charge in [0.15, 0.2) is 0 Å². The third kappa shape index (κ3) is 4.50. The van der Waals surface area contributed by atoms with Gasteiger partial charge in [-0.2, -0.15) is 0 Å². The maximum atomic E-state index is 5.85. The van der Waals surface area contributed by atoms with Crippen molar-refractivity contribution in [3.63, 3.8) is 0 Å². The average molecular weight is 276 g/mol. The molecule has 20 heavy (non-hydrogen) atoms. The molecule has 0 saturated carbocycles. The van der Waals surface area contributed by atoms with E-state index in [1.54, 1.807) is 0 Å². The van der Waals surface area contributed by atoms with Gasteiger partial charge in [-0.1, -0.05) is 19.1 Å². The van der Waals surface area contributed by atoms with E-state index in [9.17, 15) is 0 Å². The summed E-state index contributed by atoms with van der Waals surface area (Å²) >= 11 is 0. The third-order valence-corrected chi connectivity index (χ3v) is 4.25. The predicted octanol–water partition coefficient (Wildman–Crippen LogP) is 2.69. The fraction of sp³-hybridized carbons (Fsp3) is 0.647. The summed E-state index contributed by atoms with van der Waals surface area (Å²) in [5.74, 6) is 1.78. The van der Waals surface area contributed by atoms with Crippen LogP contribution in [0, 0.1) is 5.92 Å². The third-order valence-electron chi connectivity index (χ3n) is 4.25. The predicted molar refractivity (Wildman–Crippen MR) is 84.1 cm³/mol. The molecule has 2 rings (SSSR count). The van der Waals surface area contributed by atoms with Gasteiger partial charge in [0.05, 0.1) is 0 Å². The molecule has 1 fully saturated rings. The number of benzene rings is 1. The molecule has 0 aromatic heterocycles. The van der Waals surface area contributed by atoms with Crippen LogP contribution in [0.5, 0.6) is 5.75 Å². The molecule has 1 aromatic carbocycles. The number of piperidine rings is 1. The highest BCUT2D eigenvalue weighted by Crippen LogP contribution is 2.21. The zero-order valence-corrected chi connectivity index (χ0v) is 12.8. The summed E-state index contributed by atoms with van der Waals surface area (Å²) < 4.78 is 5.85. The normalized spacial score (nSPS) is 23.8.